The van der Waals surface area contributed by atoms with Crippen LogP contribution in [0, 0.1) is 5.92 Å². The predicted molar refractivity (Wildman–Crippen MR) is 120 cm³/mol. The zero-order valence-corrected chi connectivity index (χ0v) is 20.1. The number of ether oxygens (including phenoxy) is 2. The van der Waals surface area contributed by atoms with Gasteiger partial charge in [0.05, 0.1) is 17.7 Å². The molecule has 3 atom stereocenters. The first-order valence-corrected chi connectivity index (χ1v) is 11.1. The Morgan fingerprint density at radius 1 is 1.24 bits per heavy atom. The van der Waals surface area contributed by atoms with E-state index >= 15 is 0 Å². The topological polar surface area (TPSA) is 88.2 Å². The molecule has 1 N–H and O–H groups in total. The molecule has 2 rings (SSSR count). The maximum absolute atomic E-state index is 13.1. The van der Waals surface area contributed by atoms with Gasteiger partial charge in [-0.15, -0.1) is 0 Å². The lowest BCUT2D eigenvalue weighted by molar-refractivity contribution is -0.150. The van der Waals surface area contributed by atoms with Crippen molar-refractivity contribution >= 4 is 23.4 Å². The van der Waals surface area contributed by atoms with E-state index in [1.807, 2.05) is 13.8 Å². The van der Waals surface area contributed by atoms with Crippen LogP contribution in [0.15, 0.2) is 18.2 Å². The number of hydrogen-bond acceptors (Lipinski definition) is 5. The van der Waals surface area contributed by atoms with E-state index in [2.05, 4.69) is 5.32 Å². The Labute approximate surface area is 197 Å². The molecule has 0 aromatic heterocycles. The summed E-state index contributed by atoms with van der Waals surface area (Å²) in [7, 11) is 3.15. The highest BCUT2D eigenvalue weighted by molar-refractivity contribution is 5.98. The zero-order valence-electron chi connectivity index (χ0n) is 20.1. The van der Waals surface area contributed by atoms with E-state index in [9.17, 15) is 27.6 Å². The minimum absolute atomic E-state index is 0.0417. The molecule has 0 bridgehead atoms. The van der Waals surface area contributed by atoms with Gasteiger partial charge in [0.15, 0.2) is 0 Å². The molecule has 0 aliphatic carbocycles. The Morgan fingerprint density at radius 3 is 2.50 bits per heavy atom. The molecule has 0 radical (unpaired) electrons. The van der Waals surface area contributed by atoms with Crippen LogP contribution in [0.5, 0.6) is 5.75 Å². The fourth-order valence-electron chi connectivity index (χ4n) is 3.79. The second-order valence-electron chi connectivity index (χ2n) is 8.55. The van der Waals surface area contributed by atoms with E-state index in [0.717, 1.165) is 0 Å². The number of rotatable bonds is 4. The lowest BCUT2D eigenvalue weighted by Gasteiger charge is -2.36. The number of benzene rings is 1. The molecule has 34 heavy (non-hydrogen) atoms. The van der Waals surface area contributed by atoms with E-state index in [4.69, 9.17) is 9.47 Å². The molecule has 0 unspecified atom stereocenters. The van der Waals surface area contributed by atoms with E-state index in [1.54, 1.807) is 26.0 Å². The highest BCUT2D eigenvalue weighted by Gasteiger charge is 2.32. The summed E-state index contributed by atoms with van der Waals surface area (Å²) in [6, 6.07) is 3.71. The number of anilines is 1. The van der Waals surface area contributed by atoms with Gasteiger partial charge in [-0.05, 0) is 19.1 Å². The number of nitrogens with one attached hydrogen (secondary N) is 1. The average molecular weight is 488 g/mol. The molecule has 0 saturated carbocycles. The molecule has 0 spiro atoms. The van der Waals surface area contributed by atoms with Gasteiger partial charge in [-0.2, -0.15) is 13.2 Å². The van der Waals surface area contributed by atoms with Gasteiger partial charge in [0.1, 0.15) is 18.8 Å². The maximum atomic E-state index is 13.1. The molecule has 3 amide bonds. The van der Waals surface area contributed by atoms with E-state index in [1.165, 1.54) is 23.1 Å². The number of likely N-dealkylation sites (N-methyl/N-ethyl adjacent to an activating group) is 1. The normalized spacial score (nSPS) is 22.2. The number of fused-ring (bicyclic) bond motifs is 1. The van der Waals surface area contributed by atoms with Crippen molar-refractivity contribution in [2.24, 2.45) is 5.92 Å². The number of nitrogens with zero attached hydrogens (tertiary/aromatic N) is 2. The fourth-order valence-corrected chi connectivity index (χ4v) is 3.79. The quantitative estimate of drug-likeness (QED) is 0.704. The van der Waals surface area contributed by atoms with E-state index < -0.39 is 18.5 Å². The second kappa shape index (κ2) is 11.5. The minimum atomic E-state index is -4.64. The standard InChI is InChI=1S/C23H32F3N3O5/c1-6-21(31)29-11-14(2)19(33-5)12-28(4)22(32)17-8-7-16(9-18(17)34-13-15(29)3)27-20(30)10-23(24,25)26/h7-9,14-15,19H,6,10-13H2,1-5H3,(H,27,30)/t14-,15-,19+/m1/s1. The molecule has 11 heteroatoms. The highest BCUT2D eigenvalue weighted by Crippen LogP contribution is 2.28. The molecule has 8 nitrogen and oxygen atoms in total. The van der Waals surface area contributed by atoms with Gasteiger partial charge in [0.2, 0.25) is 11.8 Å². The molecule has 1 heterocycles. The van der Waals surface area contributed by atoms with Crippen molar-refractivity contribution in [2.75, 3.05) is 39.2 Å². The number of halogens is 3. The summed E-state index contributed by atoms with van der Waals surface area (Å²) in [5.41, 5.74) is 0.244. The molecule has 1 aromatic carbocycles. The number of methoxy groups -OCH3 is 1. The molecule has 0 fully saturated rings. The molecule has 0 saturated heterocycles. The summed E-state index contributed by atoms with van der Waals surface area (Å²) < 4.78 is 49.0. The first-order valence-electron chi connectivity index (χ1n) is 11.1. The van der Waals surface area contributed by atoms with Gasteiger partial charge in [-0.3, -0.25) is 14.4 Å². The predicted octanol–water partition coefficient (Wildman–Crippen LogP) is 3.32. The van der Waals surface area contributed by atoms with Crippen LogP contribution in [0.1, 0.15) is 44.0 Å². The third-order valence-corrected chi connectivity index (χ3v) is 5.71. The van der Waals surface area contributed by atoms with E-state index in [0.29, 0.717) is 13.0 Å². The summed E-state index contributed by atoms with van der Waals surface area (Å²) in [6.07, 6.45) is -6.30. The molecule has 1 aliphatic heterocycles. The largest absolute Gasteiger partial charge is 0.491 e. The lowest BCUT2D eigenvalue weighted by Crippen LogP contribution is -2.48. The maximum Gasteiger partial charge on any atom is 0.397 e. The van der Waals surface area contributed by atoms with Gasteiger partial charge >= 0.3 is 6.18 Å². The van der Waals surface area contributed by atoms with Crippen LogP contribution in [-0.2, 0) is 14.3 Å². The lowest BCUT2D eigenvalue weighted by atomic mass is 10.0. The second-order valence-corrected chi connectivity index (χ2v) is 8.55. The van der Waals surface area contributed by atoms with Crippen LogP contribution in [0.25, 0.3) is 0 Å². The van der Waals surface area contributed by atoms with Crippen LogP contribution in [-0.4, -0.2) is 79.7 Å². The van der Waals surface area contributed by atoms with Crippen LogP contribution < -0.4 is 10.1 Å². The highest BCUT2D eigenvalue weighted by atomic mass is 19.4. The smallest absolute Gasteiger partial charge is 0.397 e. The van der Waals surface area contributed by atoms with Crippen molar-refractivity contribution < 1.29 is 37.0 Å². The van der Waals surface area contributed by atoms with Gasteiger partial charge in [-0.25, -0.2) is 0 Å². The molecular formula is C23H32F3N3O5. The van der Waals surface area contributed by atoms with Crippen molar-refractivity contribution in [1.29, 1.82) is 0 Å². The summed E-state index contributed by atoms with van der Waals surface area (Å²) in [4.78, 5) is 40.6. The summed E-state index contributed by atoms with van der Waals surface area (Å²) in [5, 5.41) is 2.18. The van der Waals surface area contributed by atoms with Crippen LogP contribution >= 0.6 is 0 Å². The number of hydrogen-bond donors (Lipinski definition) is 1. The zero-order chi connectivity index (χ0) is 25.6. The summed E-state index contributed by atoms with van der Waals surface area (Å²) in [5.74, 6) is -1.63. The molecule has 190 valence electrons. The summed E-state index contributed by atoms with van der Waals surface area (Å²) in [6.45, 7) is 6.23. The Kier molecular flexibility index (Phi) is 9.31. The third kappa shape index (κ3) is 7.34. The Bertz CT molecular complexity index is 893. The SMILES string of the molecule is CCC(=O)N1C[C@@H](C)[C@@H](OC)CN(C)C(=O)c2ccc(NC(=O)CC(F)(F)F)cc2OC[C@H]1C. The Morgan fingerprint density at radius 2 is 1.91 bits per heavy atom. The number of carbonyl (C=O) groups is 3. The average Bonchev–Trinajstić information content (AvgIpc) is 2.76. The fraction of sp³-hybridized carbons (Fsp3) is 0.609. The Hall–Kier alpha value is -2.82. The number of alkyl halides is 3. The van der Waals surface area contributed by atoms with Gasteiger partial charge in [0.25, 0.3) is 5.91 Å². The van der Waals surface area contributed by atoms with Crippen molar-refractivity contribution in [1.82, 2.24) is 9.80 Å². The number of carbonyl (C=O) groups excluding carboxylic acids is 3. The van der Waals surface area contributed by atoms with Gasteiger partial charge in [-0.1, -0.05) is 13.8 Å². The van der Waals surface area contributed by atoms with Crippen LogP contribution in [0.2, 0.25) is 0 Å². The first-order chi connectivity index (χ1) is 15.9. The third-order valence-electron chi connectivity index (χ3n) is 5.71. The first kappa shape index (κ1) is 27.4. The Balaban J connectivity index is 2.41. The summed E-state index contributed by atoms with van der Waals surface area (Å²) >= 11 is 0. The van der Waals surface area contributed by atoms with Gasteiger partial charge < -0.3 is 24.6 Å². The monoisotopic (exact) mass is 487 g/mol. The molecule has 1 aliphatic rings. The van der Waals surface area contributed by atoms with Crippen molar-refractivity contribution in [3.8, 4) is 5.75 Å². The minimum Gasteiger partial charge on any atom is -0.491 e. The van der Waals surface area contributed by atoms with Crippen molar-refractivity contribution in [3.63, 3.8) is 0 Å². The number of amides is 3. The van der Waals surface area contributed by atoms with Crippen molar-refractivity contribution in [3.05, 3.63) is 23.8 Å². The van der Waals surface area contributed by atoms with Crippen molar-refractivity contribution in [2.45, 2.75) is 51.9 Å². The van der Waals surface area contributed by atoms with Gasteiger partial charge in [0, 0.05) is 51.3 Å². The molecule has 1 aromatic rings. The van der Waals surface area contributed by atoms with Crippen LogP contribution in [0.4, 0.5) is 18.9 Å². The van der Waals surface area contributed by atoms with E-state index in [-0.39, 0.29) is 60.0 Å². The molecular weight excluding hydrogens is 455 g/mol. The van der Waals surface area contributed by atoms with Crippen LogP contribution in [0.3, 0.4) is 0 Å².